The smallest absolute Gasteiger partial charge is 0.303 e. The van der Waals surface area contributed by atoms with Crippen LogP contribution in [0.1, 0.15) is 30.5 Å². The quantitative estimate of drug-likeness (QED) is 0.393. The average Bonchev–Trinajstić information content (AvgIpc) is 3.14. The van der Waals surface area contributed by atoms with Crippen LogP contribution in [-0.4, -0.2) is 48.3 Å². The molecule has 0 spiro atoms. The molecule has 0 radical (unpaired) electrons. The molecule has 182 valence electrons. The zero-order chi connectivity index (χ0) is 24.8. The summed E-state index contributed by atoms with van der Waals surface area (Å²) in [4.78, 5) is 23.4. The van der Waals surface area contributed by atoms with Gasteiger partial charge in [0.2, 0.25) is 0 Å². The van der Waals surface area contributed by atoms with Gasteiger partial charge in [-0.25, -0.2) is 0 Å². The standard InChI is InChI=1S/C28H28O7/c1-19(29)33-25-24(35-27(31)26(25)34-20(2)30)18-32-28(21-12-6-3-7-13-21,22-14-8-4-9-15-22)23-16-10-5-11-17-23/h3-17,24-27,31H,18H2,1-2H3/t24-,25+,26+,27-/m0/s1. The minimum Gasteiger partial charge on any atom is -0.455 e. The van der Waals surface area contributed by atoms with E-state index in [-0.39, 0.29) is 6.61 Å². The third-order valence-electron chi connectivity index (χ3n) is 5.89. The van der Waals surface area contributed by atoms with Crippen LogP contribution in [-0.2, 0) is 34.1 Å². The highest BCUT2D eigenvalue weighted by Gasteiger charge is 2.50. The Bertz CT molecular complexity index is 1020. The highest BCUT2D eigenvalue weighted by Crippen LogP contribution is 2.41. The summed E-state index contributed by atoms with van der Waals surface area (Å²) in [6.45, 7) is 2.40. The van der Waals surface area contributed by atoms with Gasteiger partial charge >= 0.3 is 11.9 Å². The van der Waals surface area contributed by atoms with E-state index < -0.39 is 42.1 Å². The van der Waals surface area contributed by atoms with Crippen LogP contribution in [0, 0.1) is 0 Å². The number of benzene rings is 3. The van der Waals surface area contributed by atoms with Crippen molar-refractivity contribution in [3.05, 3.63) is 108 Å². The Morgan fingerprint density at radius 3 is 1.54 bits per heavy atom. The van der Waals surface area contributed by atoms with Gasteiger partial charge in [-0.1, -0.05) is 91.0 Å². The van der Waals surface area contributed by atoms with E-state index in [4.69, 9.17) is 18.9 Å². The lowest BCUT2D eigenvalue weighted by molar-refractivity contribution is -0.174. The lowest BCUT2D eigenvalue weighted by Gasteiger charge is -2.37. The van der Waals surface area contributed by atoms with Gasteiger partial charge in [0, 0.05) is 13.8 Å². The largest absolute Gasteiger partial charge is 0.455 e. The van der Waals surface area contributed by atoms with E-state index in [1.165, 1.54) is 13.8 Å². The van der Waals surface area contributed by atoms with Gasteiger partial charge in [-0.2, -0.15) is 0 Å². The first kappa shape index (κ1) is 24.6. The van der Waals surface area contributed by atoms with Crippen molar-refractivity contribution in [2.24, 2.45) is 0 Å². The van der Waals surface area contributed by atoms with E-state index in [0.29, 0.717) is 0 Å². The maximum absolute atomic E-state index is 11.8. The maximum atomic E-state index is 11.8. The summed E-state index contributed by atoms with van der Waals surface area (Å²) in [5, 5.41) is 10.4. The number of aliphatic hydroxyl groups is 1. The summed E-state index contributed by atoms with van der Waals surface area (Å²) < 4.78 is 23.0. The zero-order valence-corrected chi connectivity index (χ0v) is 19.6. The first-order chi connectivity index (χ1) is 16.9. The topological polar surface area (TPSA) is 91.3 Å². The Labute approximate surface area is 204 Å². The fraction of sp³-hybridized carbons (Fsp3) is 0.286. The van der Waals surface area contributed by atoms with E-state index in [2.05, 4.69) is 0 Å². The number of carbonyl (C=O) groups is 2. The lowest BCUT2D eigenvalue weighted by Crippen LogP contribution is -2.43. The van der Waals surface area contributed by atoms with E-state index in [1.54, 1.807) is 0 Å². The minimum absolute atomic E-state index is 0.0640. The number of rotatable bonds is 8. The Hall–Kier alpha value is -3.52. The molecule has 0 amide bonds. The molecule has 7 nitrogen and oxygen atoms in total. The second-order valence-corrected chi connectivity index (χ2v) is 8.30. The van der Waals surface area contributed by atoms with Crippen molar-refractivity contribution in [1.82, 2.24) is 0 Å². The predicted molar refractivity (Wildman–Crippen MR) is 127 cm³/mol. The van der Waals surface area contributed by atoms with Crippen molar-refractivity contribution >= 4 is 11.9 Å². The van der Waals surface area contributed by atoms with Crippen LogP contribution in [0.15, 0.2) is 91.0 Å². The molecule has 1 heterocycles. The van der Waals surface area contributed by atoms with E-state index in [1.807, 2.05) is 91.0 Å². The number of hydrogen-bond donors (Lipinski definition) is 1. The molecule has 1 fully saturated rings. The fourth-order valence-corrected chi connectivity index (χ4v) is 4.47. The van der Waals surface area contributed by atoms with Gasteiger partial charge in [0.15, 0.2) is 18.5 Å². The first-order valence-electron chi connectivity index (χ1n) is 11.4. The van der Waals surface area contributed by atoms with Gasteiger partial charge in [0.05, 0.1) is 6.61 Å². The molecule has 1 saturated heterocycles. The van der Waals surface area contributed by atoms with E-state index in [9.17, 15) is 14.7 Å². The number of aliphatic hydroxyl groups excluding tert-OH is 1. The molecule has 1 N–H and O–H groups in total. The zero-order valence-electron chi connectivity index (χ0n) is 19.6. The molecular weight excluding hydrogens is 448 g/mol. The van der Waals surface area contributed by atoms with Crippen molar-refractivity contribution in [3.8, 4) is 0 Å². The average molecular weight is 477 g/mol. The molecule has 1 aliphatic heterocycles. The second kappa shape index (κ2) is 10.8. The van der Waals surface area contributed by atoms with Crippen LogP contribution in [0.4, 0.5) is 0 Å². The molecular formula is C28H28O7. The molecule has 4 atom stereocenters. The highest BCUT2D eigenvalue weighted by atomic mass is 16.7. The summed E-state index contributed by atoms with van der Waals surface area (Å²) in [6, 6.07) is 29.3. The molecule has 0 bridgehead atoms. The number of carbonyl (C=O) groups excluding carboxylic acids is 2. The molecule has 1 aliphatic rings. The Kier molecular flexibility index (Phi) is 7.60. The molecule has 4 rings (SSSR count). The van der Waals surface area contributed by atoms with Crippen molar-refractivity contribution in [3.63, 3.8) is 0 Å². The Morgan fingerprint density at radius 2 is 1.14 bits per heavy atom. The molecule has 35 heavy (non-hydrogen) atoms. The molecule has 3 aromatic carbocycles. The Morgan fingerprint density at radius 1 is 0.743 bits per heavy atom. The van der Waals surface area contributed by atoms with Gasteiger partial charge in [-0.05, 0) is 16.7 Å². The van der Waals surface area contributed by atoms with Crippen molar-refractivity contribution in [1.29, 1.82) is 0 Å². The van der Waals surface area contributed by atoms with E-state index in [0.717, 1.165) is 16.7 Å². The molecule has 3 aromatic rings. The SMILES string of the molecule is CC(=O)O[C@@H]1[C@H](OC(C)=O)[C@H](COC(c2ccccc2)(c2ccccc2)c2ccccc2)O[C@@H]1O. The minimum atomic E-state index is -1.46. The van der Waals surface area contributed by atoms with Gasteiger partial charge < -0.3 is 24.1 Å². The van der Waals surface area contributed by atoms with Crippen LogP contribution in [0.5, 0.6) is 0 Å². The second-order valence-electron chi connectivity index (χ2n) is 8.30. The number of ether oxygens (including phenoxy) is 4. The summed E-state index contributed by atoms with van der Waals surface area (Å²) >= 11 is 0. The summed E-state index contributed by atoms with van der Waals surface area (Å²) in [5.41, 5.74) is 1.63. The molecule has 0 aliphatic carbocycles. The monoisotopic (exact) mass is 476 g/mol. The third-order valence-corrected chi connectivity index (χ3v) is 5.89. The van der Waals surface area contributed by atoms with Crippen LogP contribution < -0.4 is 0 Å². The van der Waals surface area contributed by atoms with Crippen LogP contribution >= 0.6 is 0 Å². The molecule has 0 aromatic heterocycles. The third kappa shape index (κ3) is 5.27. The van der Waals surface area contributed by atoms with Crippen LogP contribution in [0.3, 0.4) is 0 Å². The van der Waals surface area contributed by atoms with E-state index >= 15 is 0 Å². The molecule has 0 unspecified atom stereocenters. The molecule has 7 heteroatoms. The van der Waals surface area contributed by atoms with Gasteiger partial charge in [-0.15, -0.1) is 0 Å². The maximum Gasteiger partial charge on any atom is 0.303 e. The summed E-state index contributed by atoms with van der Waals surface area (Å²) in [7, 11) is 0. The normalized spacial score (nSPS) is 21.9. The molecule has 0 saturated carbocycles. The van der Waals surface area contributed by atoms with Gasteiger partial charge in [0.1, 0.15) is 11.7 Å². The van der Waals surface area contributed by atoms with Crippen molar-refractivity contribution in [2.45, 2.75) is 44.1 Å². The highest BCUT2D eigenvalue weighted by molar-refractivity contribution is 5.67. The van der Waals surface area contributed by atoms with Gasteiger partial charge in [0.25, 0.3) is 0 Å². The predicted octanol–water partition coefficient (Wildman–Crippen LogP) is 3.58. The number of esters is 2. The summed E-state index contributed by atoms with van der Waals surface area (Å²) in [6.07, 6.45) is -4.54. The van der Waals surface area contributed by atoms with Gasteiger partial charge in [-0.3, -0.25) is 9.59 Å². The van der Waals surface area contributed by atoms with Crippen LogP contribution in [0.25, 0.3) is 0 Å². The summed E-state index contributed by atoms with van der Waals surface area (Å²) in [5.74, 6) is -1.21. The van der Waals surface area contributed by atoms with Crippen molar-refractivity contribution < 1.29 is 33.6 Å². The number of hydrogen-bond acceptors (Lipinski definition) is 7. The lowest BCUT2D eigenvalue weighted by atomic mass is 9.80. The van der Waals surface area contributed by atoms with Crippen molar-refractivity contribution in [2.75, 3.05) is 6.61 Å². The Balaban J connectivity index is 1.75. The van der Waals surface area contributed by atoms with Crippen LogP contribution in [0.2, 0.25) is 0 Å². The first-order valence-corrected chi connectivity index (χ1v) is 11.4. The fourth-order valence-electron chi connectivity index (χ4n) is 4.47.